The third-order valence-corrected chi connectivity index (χ3v) is 2.68. The van der Waals surface area contributed by atoms with E-state index in [9.17, 15) is 9.59 Å². The second-order valence-electron chi connectivity index (χ2n) is 4.72. The summed E-state index contributed by atoms with van der Waals surface area (Å²) < 4.78 is 5.29. The summed E-state index contributed by atoms with van der Waals surface area (Å²) in [6, 6.07) is 6.62. The first-order valence-electron chi connectivity index (χ1n) is 6.63. The number of aromatic nitrogens is 2. The lowest BCUT2D eigenvalue weighted by Crippen LogP contribution is -2.38. The van der Waals surface area contributed by atoms with Crippen molar-refractivity contribution in [1.29, 1.82) is 0 Å². The van der Waals surface area contributed by atoms with E-state index in [4.69, 9.17) is 9.52 Å². The van der Waals surface area contributed by atoms with E-state index in [1.165, 1.54) is 6.92 Å². The molecule has 0 aliphatic heterocycles. The van der Waals surface area contributed by atoms with Crippen molar-refractivity contribution in [3.05, 3.63) is 30.2 Å². The second-order valence-corrected chi connectivity index (χ2v) is 4.72. The van der Waals surface area contributed by atoms with Crippen molar-refractivity contribution < 1.29 is 19.1 Å². The molecular formula is C14H16N4O4. The summed E-state index contributed by atoms with van der Waals surface area (Å²) in [5.74, 6) is -0.772. The van der Waals surface area contributed by atoms with E-state index in [0.29, 0.717) is 23.0 Å². The van der Waals surface area contributed by atoms with Gasteiger partial charge in [-0.15, -0.1) is 10.2 Å². The second kappa shape index (κ2) is 6.81. The Hall–Kier alpha value is -2.74. The number of amides is 2. The molecule has 2 rings (SSSR count). The van der Waals surface area contributed by atoms with E-state index < -0.39 is 17.9 Å². The van der Waals surface area contributed by atoms with E-state index in [1.54, 1.807) is 31.2 Å². The maximum absolute atomic E-state index is 11.6. The smallest absolute Gasteiger partial charge is 0.313 e. The van der Waals surface area contributed by atoms with Crippen LogP contribution in [0.15, 0.2) is 28.7 Å². The van der Waals surface area contributed by atoms with Crippen molar-refractivity contribution in [3.8, 4) is 11.5 Å². The summed E-state index contributed by atoms with van der Waals surface area (Å²) in [4.78, 5) is 23.1. The van der Waals surface area contributed by atoms with Gasteiger partial charge in [0, 0.05) is 24.7 Å². The summed E-state index contributed by atoms with van der Waals surface area (Å²) in [5, 5.41) is 21.4. The highest BCUT2D eigenvalue weighted by molar-refractivity contribution is 6.39. The highest BCUT2D eigenvalue weighted by Crippen LogP contribution is 2.19. The van der Waals surface area contributed by atoms with Crippen molar-refractivity contribution in [1.82, 2.24) is 15.5 Å². The number of aryl methyl sites for hydroxylation is 1. The molecule has 1 aromatic carbocycles. The number of aliphatic hydroxyl groups excluding tert-OH is 1. The number of carbonyl (C=O) groups is 2. The van der Waals surface area contributed by atoms with Crippen LogP contribution in [-0.4, -0.2) is 39.8 Å². The molecule has 3 N–H and O–H groups in total. The SMILES string of the molecule is Cc1nnc(-c2ccc(NC(=O)C(=O)NCC(C)O)cc2)o1. The molecule has 1 unspecified atom stereocenters. The highest BCUT2D eigenvalue weighted by Gasteiger charge is 2.14. The Morgan fingerprint density at radius 1 is 1.23 bits per heavy atom. The van der Waals surface area contributed by atoms with E-state index in [1.807, 2.05) is 0 Å². The standard InChI is InChI=1S/C14H16N4O4/c1-8(19)7-15-12(20)13(21)16-11-5-3-10(4-6-11)14-18-17-9(2)22-14/h3-6,8,19H,7H2,1-2H3,(H,15,20)(H,16,21). The summed E-state index contributed by atoms with van der Waals surface area (Å²) in [6.45, 7) is 3.22. The van der Waals surface area contributed by atoms with Gasteiger partial charge in [0.25, 0.3) is 0 Å². The maximum Gasteiger partial charge on any atom is 0.313 e. The highest BCUT2D eigenvalue weighted by atomic mass is 16.4. The normalized spacial score (nSPS) is 11.8. The van der Waals surface area contributed by atoms with Crippen LogP contribution in [0.5, 0.6) is 0 Å². The van der Waals surface area contributed by atoms with Crippen LogP contribution in [0.25, 0.3) is 11.5 Å². The monoisotopic (exact) mass is 304 g/mol. The van der Waals surface area contributed by atoms with Gasteiger partial charge in [0.2, 0.25) is 11.8 Å². The Morgan fingerprint density at radius 3 is 2.45 bits per heavy atom. The van der Waals surface area contributed by atoms with Gasteiger partial charge in [-0.1, -0.05) is 0 Å². The van der Waals surface area contributed by atoms with E-state index in [-0.39, 0.29) is 6.54 Å². The lowest BCUT2D eigenvalue weighted by atomic mass is 10.2. The van der Waals surface area contributed by atoms with Gasteiger partial charge >= 0.3 is 11.8 Å². The molecule has 0 spiro atoms. The van der Waals surface area contributed by atoms with Crippen molar-refractivity contribution >= 4 is 17.5 Å². The van der Waals surface area contributed by atoms with Gasteiger partial charge in [0.05, 0.1) is 6.10 Å². The van der Waals surface area contributed by atoms with E-state index >= 15 is 0 Å². The summed E-state index contributed by atoms with van der Waals surface area (Å²) >= 11 is 0. The summed E-state index contributed by atoms with van der Waals surface area (Å²) in [6.07, 6.45) is -0.714. The number of hydrogen-bond acceptors (Lipinski definition) is 6. The average Bonchev–Trinajstić information content (AvgIpc) is 2.92. The number of rotatable bonds is 4. The molecule has 0 aliphatic rings. The number of aliphatic hydroxyl groups is 1. The third kappa shape index (κ3) is 4.13. The zero-order valence-corrected chi connectivity index (χ0v) is 12.2. The number of carbonyl (C=O) groups excluding carboxylic acids is 2. The van der Waals surface area contributed by atoms with Gasteiger partial charge in [-0.25, -0.2) is 0 Å². The lowest BCUT2D eigenvalue weighted by molar-refractivity contribution is -0.136. The first-order valence-corrected chi connectivity index (χ1v) is 6.63. The summed E-state index contributed by atoms with van der Waals surface area (Å²) in [5.41, 5.74) is 1.16. The van der Waals surface area contributed by atoms with E-state index in [0.717, 1.165) is 0 Å². The molecule has 2 amide bonds. The molecule has 0 saturated heterocycles. The number of nitrogens with zero attached hydrogens (tertiary/aromatic N) is 2. The number of anilines is 1. The average molecular weight is 304 g/mol. The van der Waals surface area contributed by atoms with Gasteiger partial charge in [-0.2, -0.15) is 0 Å². The molecule has 0 radical (unpaired) electrons. The molecule has 1 heterocycles. The zero-order valence-electron chi connectivity index (χ0n) is 12.2. The van der Waals surface area contributed by atoms with Crippen LogP contribution in [0.2, 0.25) is 0 Å². The Balaban J connectivity index is 1.96. The van der Waals surface area contributed by atoms with E-state index in [2.05, 4.69) is 20.8 Å². The quantitative estimate of drug-likeness (QED) is 0.707. The molecule has 0 fully saturated rings. The molecule has 1 atom stereocenters. The Kier molecular flexibility index (Phi) is 4.84. The minimum Gasteiger partial charge on any atom is -0.421 e. The molecule has 0 aliphatic carbocycles. The first-order chi connectivity index (χ1) is 10.5. The minimum atomic E-state index is -0.808. The topological polar surface area (TPSA) is 117 Å². The Morgan fingerprint density at radius 2 is 1.91 bits per heavy atom. The molecule has 2 aromatic rings. The van der Waals surface area contributed by atoms with Crippen LogP contribution >= 0.6 is 0 Å². The van der Waals surface area contributed by atoms with Gasteiger partial charge in [0.1, 0.15) is 0 Å². The van der Waals surface area contributed by atoms with Crippen LogP contribution < -0.4 is 10.6 Å². The zero-order chi connectivity index (χ0) is 16.1. The molecular weight excluding hydrogens is 288 g/mol. The largest absolute Gasteiger partial charge is 0.421 e. The fourth-order valence-electron chi connectivity index (χ4n) is 1.62. The van der Waals surface area contributed by atoms with Crippen LogP contribution in [0, 0.1) is 6.92 Å². The van der Waals surface area contributed by atoms with Crippen LogP contribution in [0.1, 0.15) is 12.8 Å². The molecule has 0 saturated carbocycles. The molecule has 22 heavy (non-hydrogen) atoms. The lowest BCUT2D eigenvalue weighted by Gasteiger charge is -2.08. The summed E-state index contributed by atoms with van der Waals surface area (Å²) in [7, 11) is 0. The van der Waals surface area contributed by atoms with Gasteiger partial charge in [-0.3, -0.25) is 9.59 Å². The maximum atomic E-state index is 11.6. The van der Waals surface area contributed by atoms with Crippen molar-refractivity contribution in [3.63, 3.8) is 0 Å². The fourth-order valence-corrected chi connectivity index (χ4v) is 1.62. The van der Waals surface area contributed by atoms with Crippen LogP contribution in [-0.2, 0) is 9.59 Å². The number of benzene rings is 1. The molecule has 116 valence electrons. The van der Waals surface area contributed by atoms with Crippen molar-refractivity contribution in [2.24, 2.45) is 0 Å². The van der Waals surface area contributed by atoms with Gasteiger partial charge in [-0.05, 0) is 31.2 Å². The van der Waals surface area contributed by atoms with Crippen LogP contribution in [0.4, 0.5) is 5.69 Å². The Labute approximate surface area is 126 Å². The first kappa shape index (κ1) is 15.6. The van der Waals surface area contributed by atoms with Gasteiger partial charge in [0.15, 0.2) is 0 Å². The van der Waals surface area contributed by atoms with Gasteiger partial charge < -0.3 is 20.2 Å². The molecule has 1 aromatic heterocycles. The number of nitrogens with one attached hydrogen (secondary N) is 2. The van der Waals surface area contributed by atoms with Crippen LogP contribution in [0.3, 0.4) is 0 Å². The predicted molar refractivity (Wildman–Crippen MR) is 77.8 cm³/mol. The molecule has 8 nitrogen and oxygen atoms in total. The third-order valence-electron chi connectivity index (χ3n) is 2.68. The fraction of sp³-hybridized carbons (Fsp3) is 0.286. The number of hydrogen-bond donors (Lipinski definition) is 3. The Bertz CT molecular complexity index is 664. The molecule has 8 heteroatoms. The van der Waals surface area contributed by atoms with Crippen molar-refractivity contribution in [2.45, 2.75) is 20.0 Å². The molecule has 0 bridgehead atoms. The predicted octanol–water partition coefficient (Wildman–Crippen LogP) is 0.481. The van der Waals surface area contributed by atoms with Crippen molar-refractivity contribution in [2.75, 3.05) is 11.9 Å². The minimum absolute atomic E-state index is 0.0156.